The molecule has 1 heterocycles. The van der Waals surface area contributed by atoms with Gasteiger partial charge >= 0.3 is 0 Å². The summed E-state index contributed by atoms with van der Waals surface area (Å²) in [7, 11) is 0. The average molecular weight is 441 g/mol. The molecule has 2 rings (SSSR count). The van der Waals surface area contributed by atoms with Crippen LogP contribution >= 0.6 is 11.8 Å². The molecular weight excluding hydrogens is 396 g/mol. The second kappa shape index (κ2) is 16.3. The third-order valence-corrected chi connectivity index (χ3v) is 7.12. The average Bonchev–Trinajstić information content (AvgIpc) is 2.79. The first-order valence-electron chi connectivity index (χ1n) is 12.8. The van der Waals surface area contributed by atoms with Crippen LogP contribution in [-0.2, 0) is 6.42 Å². The van der Waals surface area contributed by atoms with Gasteiger partial charge in [0.2, 0.25) is 0 Å². The van der Waals surface area contributed by atoms with Crippen LogP contribution in [0.1, 0.15) is 110 Å². The minimum absolute atomic E-state index is 0.676. The van der Waals surface area contributed by atoms with Crippen LogP contribution in [0.3, 0.4) is 0 Å². The predicted molar refractivity (Wildman–Crippen MR) is 138 cm³/mol. The van der Waals surface area contributed by atoms with Crippen LogP contribution in [0.5, 0.6) is 0 Å². The topological polar surface area (TPSA) is 25.8 Å². The Bertz CT molecular complexity index is 681. The molecule has 2 aromatic rings. The van der Waals surface area contributed by atoms with Gasteiger partial charge in [-0.25, -0.2) is 9.97 Å². The lowest BCUT2D eigenvalue weighted by molar-refractivity contribution is 0.575. The molecule has 0 fully saturated rings. The number of aryl methyl sites for hydroxylation is 1. The molecule has 0 aliphatic carbocycles. The van der Waals surface area contributed by atoms with Gasteiger partial charge in [0.25, 0.3) is 0 Å². The normalized spacial score (nSPS) is 12.2. The van der Waals surface area contributed by atoms with Crippen LogP contribution in [-0.4, -0.2) is 15.2 Å². The van der Waals surface area contributed by atoms with Crippen LogP contribution in [0.2, 0.25) is 0 Å². The summed E-state index contributed by atoms with van der Waals surface area (Å²) in [5, 5.41) is 0.676. The highest BCUT2D eigenvalue weighted by atomic mass is 32.2. The lowest BCUT2D eigenvalue weighted by Gasteiger charge is -2.11. The number of hydrogen-bond donors (Lipinski definition) is 0. The second-order valence-corrected chi connectivity index (χ2v) is 10.5. The van der Waals surface area contributed by atoms with E-state index in [1.807, 2.05) is 24.2 Å². The standard InChI is InChI=1S/C28H44N2S/c1-4-6-8-10-11-12-13-15-17-25-22-29-28(30-23-25)26-18-20-27(21-19-26)31-24(3)16-14-9-7-5-2/h18-24H,4-17H2,1-3H3. The Kier molecular flexibility index (Phi) is 13.6. The van der Waals surface area contributed by atoms with E-state index < -0.39 is 0 Å². The zero-order valence-electron chi connectivity index (χ0n) is 20.2. The summed E-state index contributed by atoms with van der Waals surface area (Å²) in [6, 6.07) is 8.78. The zero-order valence-corrected chi connectivity index (χ0v) is 21.1. The van der Waals surface area contributed by atoms with Crippen molar-refractivity contribution in [3.63, 3.8) is 0 Å². The van der Waals surface area contributed by atoms with E-state index in [1.54, 1.807) is 0 Å². The smallest absolute Gasteiger partial charge is 0.159 e. The Labute approximate surface area is 196 Å². The highest BCUT2D eigenvalue weighted by Crippen LogP contribution is 2.28. The Hall–Kier alpha value is -1.35. The molecule has 0 N–H and O–H groups in total. The van der Waals surface area contributed by atoms with Gasteiger partial charge in [0.1, 0.15) is 0 Å². The molecule has 31 heavy (non-hydrogen) atoms. The van der Waals surface area contributed by atoms with Crippen molar-refractivity contribution in [2.75, 3.05) is 0 Å². The molecule has 172 valence electrons. The summed E-state index contributed by atoms with van der Waals surface area (Å²) < 4.78 is 0. The number of unbranched alkanes of at least 4 members (excludes halogenated alkanes) is 10. The number of rotatable bonds is 17. The maximum absolute atomic E-state index is 4.63. The van der Waals surface area contributed by atoms with Crippen LogP contribution in [0.4, 0.5) is 0 Å². The number of hydrogen-bond acceptors (Lipinski definition) is 3. The first-order valence-corrected chi connectivity index (χ1v) is 13.7. The monoisotopic (exact) mass is 440 g/mol. The molecule has 1 aromatic heterocycles. The number of benzene rings is 1. The van der Waals surface area contributed by atoms with Gasteiger partial charge in [-0.1, -0.05) is 104 Å². The molecule has 0 aliphatic heterocycles. The Morgan fingerprint density at radius 2 is 1.26 bits per heavy atom. The molecule has 0 saturated carbocycles. The summed E-state index contributed by atoms with van der Waals surface area (Å²) in [6.07, 6.45) is 22.7. The number of nitrogens with zero attached hydrogens (tertiary/aromatic N) is 2. The van der Waals surface area contributed by atoms with Crippen molar-refractivity contribution in [1.82, 2.24) is 9.97 Å². The fourth-order valence-electron chi connectivity index (χ4n) is 3.93. The molecule has 0 aliphatic rings. The summed E-state index contributed by atoms with van der Waals surface area (Å²) in [6.45, 7) is 6.90. The van der Waals surface area contributed by atoms with Crippen molar-refractivity contribution >= 4 is 11.8 Å². The molecule has 3 heteroatoms. The van der Waals surface area contributed by atoms with Crippen LogP contribution in [0, 0.1) is 0 Å². The van der Waals surface area contributed by atoms with E-state index in [0.717, 1.165) is 17.8 Å². The first kappa shape index (κ1) is 25.9. The molecule has 1 unspecified atom stereocenters. The van der Waals surface area contributed by atoms with Crippen LogP contribution in [0.25, 0.3) is 11.4 Å². The predicted octanol–water partition coefficient (Wildman–Crippen LogP) is 9.28. The van der Waals surface area contributed by atoms with E-state index in [9.17, 15) is 0 Å². The summed E-state index contributed by atoms with van der Waals surface area (Å²) >= 11 is 1.99. The molecule has 2 nitrogen and oxygen atoms in total. The number of thioether (sulfide) groups is 1. The van der Waals surface area contributed by atoms with E-state index >= 15 is 0 Å². The van der Waals surface area contributed by atoms with Gasteiger partial charge in [0.05, 0.1) is 0 Å². The molecule has 0 spiro atoms. The van der Waals surface area contributed by atoms with Crippen LogP contribution < -0.4 is 0 Å². The van der Waals surface area contributed by atoms with E-state index in [0.29, 0.717) is 5.25 Å². The lowest BCUT2D eigenvalue weighted by atomic mass is 10.1. The van der Waals surface area contributed by atoms with Crippen molar-refractivity contribution in [2.24, 2.45) is 0 Å². The third-order valence-electron chi connectivity index (χ3n) is 5.94. The van der Waals surface area contributed by atoms with E-state index in [1.165, 1.54) is 93.9 Å². The molecule has 0 bridgehead atoms. The van der Waals surface area contributed by atoms with Gasteiger partial charge in [0.15, 0.2) is 5.82 Å². The number of aromatic nitrogens is 2. The van der Waals surface area contributed by atoms with Crippen LogP contribution in [0.15, 0.2) is 41.6 Å². The highest BCUT2D eigenvalue weighted by molar-refractivity contribution is 7.99. The van der Waals surface area contributed by atoms with Crippen molar-refractivity contribution in [3.8, 4) is 11.4 Å². The van der Waals surface area contributed by atoms with E-state index in [2.05, 4.69) is 55.0 Å². The molecule has 0 saturated heterocycles. The fraction of sp³-hybridized carbons (Fsp3) is 0.643. The van der Waals surface area contributed by atoms with Crippen molar-refractivity contribution in [2.45, 2.75) is 121 Å². The summed E-state index contributed by atoms with van der Waals surface area (Å²) in [5.41, 5.74) is 2.37. The largest absolute Gasteiger partial charge is 0.236 e. The molecule has 0 radical (unpaired) electrons. The van der Waals surface area contributed by atoms with Gasteiger partial charge in [-0.15, -0.1) is 11.8 Å². The molecule has 1 atom stereocenters. The summed E-state index contributed by atoms with van der Waals surface area (Å²) in [4.78, 5) is 10.6. The van der Waals surface area contributed by atoms with Gasteiger partial charge in [-0.3, -0.25) is 0 Å². The first-order chi connectivity index (χ1) is 15.2. The Morgan fingerprint density at radius 3 is 1.87 bits per heavy atom. The van der Waals surface area contributed by atoms with Gasteiger partial charge in [-0.05, 0) is 37.0 Å². The Balaban J connectivity index is 1.69. The maximum Gasteiger partial charge on any atom is 0.159 e. The van der Waals surface area contributed by atoms with Crippen molar-refractivity contribution in [3.05, 3.63) is 42.2 Å². The maximum atomic E-state index is 4.63. The lowest BCUT2D eigenvalue weighted by Crippen LogP contribution is -1.96. The van der Waals surface area contributed by atoms with E-state index in [-0.39, 0.29) is 0 Å². The van der Waals surface area contributed by atoms with Gasteiger partial charge in [0, 0.05) is 28.1 Å². The minimum Gasteiger partial charge on any atom is -0.236 e. The van der Waals surface area contributed by atoms with Gasteiger partial charge in [-0.2, -0.15) is 0 Å². The second-order valence-electron chi connectivity index (χ2n) is 8.94. The summed E-state index contributed by atoms with van der Waals surface area (Å²) in [5.74, 6) is 0.837. The molecule has 0 amide bonds. The van der Waals surface area contributed by atoms with Gasteiger partial charge < -0.3 is 0 Å². The minimum atomic E-state index is 0.676. The van der Waals surface area contributed by atoms with Crippen molar-refractivity contribution in [1.29, 1.82) is 0 Å². The highest BCUT2D eigenvalue weighted by Gasteiger charge is 2.06. The molecular formula is C28H44N2S. The van der Waals surface area contributed by atoms with E-state index in [4.69, 9.17) is 0 Å². The Morgan fingerprint density at radius 1 is 0.710 bits per heavy atom. The zero-order chi connectivity index (χ0) is 22.2. The molecule has 1 aromatic carbocycles. The van der Waals surface area contributed by atoms with Crippen molar-refractivity contribution < 1.29 is 0 Å². The third kappa shape index (κ3) is 11.2. The fourth-order valence-corrected chi connectivity index (χ4v) is 4.97. The SMILES string of the molecule is CCCCCCCCCCc1cnc(-c2ccc(SC(C)CCCCCC)cc2)nc1. The quantitative estimate of drug-likeness (QED) is 0.181.